The molecular formula is C22H25ClN2O. The Morgan fingerprint density at radius 3 is 2.77 bits per heavy atom. The first-order chi connectivity index (χ1) is 12.4. The van der Waals surface area contributed by atoms with Crippen molar-refractivity contribution in [1.82, 2.24) is 0 Å². The van der Waals surface area contributed by atoms with Crippen molar-refractivity contribution >= 4 is 29.4 Å². The van der Waals surface area contributed by atoms with Crippen molar-refractivity contribution in [3.05, 3.63) is 77.4 Å². The summed E-state index contributed by atoms with van der Waals surface area (Å²) in [5, 5.41) is 2.96. The molecule has 0 radical (unpaired) electrons. The third kappa shape index (κ3) is 5.57. The van der Waals surface area contributed by atoms with Crippen LogP contribution in [0.4, 0.5) is 5.69 Å². The highest BCUT2D eigenvalue weighted by Gasteiger charge is 2.12. The summed E-state index contributed by atoms with van der Waals surface area (Å²) in [5.41, 5.74) is 4.65. The first-order valence-corrected chi connectivity index (χ1v) is 9.11. The molecule has 1 aliphatic rings. The Morgan fingerprint density at radius 1 is 1.38 bits per heavy atom. The zero-order valence-electron chi connectivity index (χ0n) is 15.5. The van der Waals surface area contributed by atoms with E-state index in [-0.39, 0.29) is 17.3 Å². The average Bonchev–Trinajstić information content (AvgIpc) is 2.62. The number of aliphatic imine (C=N–C) groups is 1. The van der Waals surface area contributed by atoms with E-state index in [4.69, 9.17) is 11.6 Å². The fourth-order valence-corrected chi connectivity index (χ4v) is 2.69. The Bertz CT molecular complexity index is 802. The monoisotopic (exact) mass is 368 g/mol. The zero-order valence-corrected chi connectivity index (χ0v) is 16.3. The standard InChI is InChI=1S/C22H25ClN2O/c1-5-6-19(14-24-17(4)18-8-10-20(23)11-9-18)22(26)25-21-12-7-15(2)16(3)13-21/h5-10,12-14,17,20H,1,11H2,2-4H3,(H,25,26)/b19-6+,24-14?. The maximum Gasteiger partial charge on any atom is 0.257 e. The molecule has 3 nitrogen and oxygen atoms in total. The van der Waals surface area contributed by atoms with Crippen molar-refractivity contribution in [3.8, 4) is 0 Å². The smallest absolute Gasteiger partial charge is 0.257 e. The van der Waals surface area contributed by atoms with Gasteiger partial charge in [0.2, 0.25) is 0 Å². The number of hydrogen-bond donors (Lipinski definition) is 1. The van der Waals surface area contributed by atoms with Crippen molar-refractivity contribution in [2.24, 2.45) is 4.99 Å². The molecule has 1 aromatic carbocycles. The molecule has 2 unspecified atom stereocenters. The molecule has 0 aliphatic heterocycles. The number of rotatable bonds is 6. The van der Waals surface area contributed by atoms with E-state index in [0.29, 0.717) is 5.57 Å². The van der Waals surface area contributed by atoms with E-state index >= 15 is 0 Å². The average molecular weight is 369 g/mol. The normalized spacial score (nSPS) is 18.5. The molecule has 2 rings (SSSR count). The number of halogens is 1. The van der Waals surface area contributed by atoms with Crippen molar-refractivity contribution in [2.45, 2.75) is 38.6 Å². The van der Waals surface area contributed by atoms with Gasteiger partial charge in [0.1, 0.15) is 0 Å². The molecule has 0 aromatic heterocycles. The third-order valence-electron chi connectivity index (χ3n) is 4.32. The molecule has 136 valence electrons. The Labute approximate surface area is 160 Å². The molecule has 0 heterocycles. The molecule has 0 spiro atoms. The lowest BCUT2D eigenvalue weighted by Gasteiger charge is -2.14. The zero-order chi connectivity index (χ0) is 19.1. The number of carbonyl (C=O) groups excluding carboxylic acids is 1. The molecule has 0 bridgehead atoms. The summed E-state index contributed by atoms with van der Waals surface area (Å²) in [5.74, 6) is -0.210. The Kier molecular flexibility index (Phi) is 7.16. The molecule has 0 saturated heterocycles. The predicted molar refractivity (Wildman–Crippen MR) is 112 cm³/mol. The molecular weight excluding hydrogens is 344 g/mol. The molecule has 1 aliphatic carbocycles. The van der Waals surface area contributed by atoms with Crippen LogP contribution in [0.5, 0.6) is 0 Å². The molecule has 0 fully saturated rings. The van der Waals surface area contributed by atoms with Gasteiger partial charge in [0.15, 0.2) is 0 Å². The summed E-state index contributed by atoms with van der Waals surface area (Å²) < 4.78 is 0. The second kappa shape index (κ2) is 9.35. The van der Waals surface area contributed by atoms with Crippen LogP contribution < -0.4 is 5.32 Å². The second-order valence-corrected chi connectivity index (χ2v) is 6.94. The van der Waals surface area contributed by atoms with E-state index in [9.17, 15) is 4.79 Å². The fourth-order valence-electron chi connectivity index (χ4n) is 2.53. The number of alkyl halides is 1. The maximum absolute atomic E-state index is 12.6. The van der Waals surface area contributed by atoms with Gasteiger partial charge in [-0.3, -0.25) is 9.79 Å². The number of carbonyl (C=O) groups is 1. The van der Waals surface area contributed by atoms with Gasteiger partial charge in [0, 0.05) is 11.9 Å². The molecule has 1 aromatic rings. The third-order valence-corrected chi connectivity index (χ3v) is 4.64. The maximum atomic E-state index is 12.6. The molecule has 0 saturated carbocycles. The SMILES string of the molecule is C=C/C=C(\C=NC(C)C1=CCC(Cl)C=C1)C(=O)Nc1ccc(C)c(C)c1. The first kappa shape index (κ1) is 19.9. The number of nitrogens with one attached hydrogen (secondary N) is 1. The second-order valence-electron chi connectivity index (χ2n) is 6.38. The minimum atomic E-state index is -0.210. The molecule has 2 atom stereocenters. The summed E-state index contributed by atoms with van der Waals surface area (Å²) in [7, 11) is 0. The number of benzene rings is 1. The van der Waals surface area contributed by atoms with E-state index in [1.54, 1.807) is 18.4 Å². The lowest BCUT2D eigenvalue weighted by molar-refractivity contribution is -0.112. The first-order valence-electron chi connectivity index (χ1n) is 8.67. The van der Waals surface area contributed by atoms with Gasteiger partial charge in [0.25, 0.3) is 5.91 Å². The quantitative estimate of drug-likeness (QED) is 0.314. The van der Waals surface area contributed by atoms with Crippen molar-refractivity contribution in [2.75, 3.05) is 5.32 Å². The van der Waals surface area contributed by atoms with Gasteiger partial charge in [-0.15, -0.1) is 11.6 Å². The summed E-state index contributed by atoms with van der Waals surface area (Å²) in [6, 6.07) is 5.80. The predicted octanol–water partition coefficient (Wildman–Crippen LogP) is 5.31. The van der Waals surface area contributed by atoms with Crippen molar-refractivity contribution in [1.29, 1.82) is 0 Å². The molecule has 26 heavy (non-hydrogen) atoms. The van der Waals surface area contributed by atoms with Gasteiger partial charge in [-0.2, -0.15) is 0 Å². The number of amides is 1. The van der Waals surface area contributed by atoms with E-state index in [1.165, 1.54) is 5.56 Å². The number of nitrogens with zero attached hydrogens (tertiary/aromatic N) is 1. The molecule has 1 amide bonds. The Balaban J connectivity index is 2.09. The number of allylic oxidation sites excluding steroid dienone is 4. The lowest BCUT2D eigenvalue weighted by Crippen LogP contribution is -2.16. The Morgan fingerprint density at radius 2 is 2.15 bits per heavy atom. The van der Waals surface area contributed by atoms with Crippen LogP contribution in [0.25, 0.3) is 0 Å². The number of anilines is 1. The van der Waals surface area contributed by atoms with E-state index in [0.717, 1.165) is 23.2 Å². The summed E-state index contributed by atoms with van der Waals surface area (Å²) >= 11 is 6.05. The summed E-state index contributed by atoms with van der Waals surface area (Å²) in [6.07, 6.45) is 11.7. The van der Waals surface area contributed by atoms with Gasteiger partial charge >= 0.3 is 0 Å². The van der Waals surface area contributed by atoms with Gasteiger partial charge in [-0.25, -0.2) is 0 Å². The van der Waals surface area contributed by atoms with Crippen LogP contribution >= 0.6 is 11.6 Å². The molecule has 4 heteroatoms. The van der Waals surface area contributed by atoms with E-state index < -0.39 is 0 Å². The largest absolute Gasteiger partial charge is 0.322 e. The summed E-state index contributed by atoms with van der Waals surface area (Å²) in [6.45, 7) is 9.74. The van der Waals surface area contributed by atoms with Crippen LogP contribution in [-0.4, -0.2) is 23.5 Å². The van der Waals surface area contributed by atoms with Gasteiger partial charge in [-0.1, -0.05) is 36.9 Å². The van der Waals surface area contributed by atoms with E-state index in [1.807, 2.05) is 51.1 Å². The van der Waals surface area contributed by atoms with Crippen LogP contribution in [0.1, 0.15) is 24.5 Å². The minimum absolute atomic E-state index is 0.0435. The minimum Gasteiger partial charge on any atom is -0.322 e. The number of hydrogen-bond acceptors (Lipinski definition) is 2. The lowest BCUT2D eigenvalue weighted by atomic mass is 10.0. The molecule has 1 N–H and O–H groups in total. The topological polar surface area (TPSA) is 41.5 Å². The van der Waals surface area contributed by atoms with Crippen LogP contribution in [0, 0.1) is 13.8 Å². The summed E-state index contributed by atoms with van der Waals surface area (Å²) in [4.78, 5) is 17.1. The van der Waals surface area contributed by atoms with Gasteiger partial charge < -0.3 is 5.32 Å². The highest BCUT2D eigenvalue weighted by atomic mass is 35.5. The van der Waals surface area contributed by atoms with Gasteiger partial charge in [-0.05, 0) is 62.1 Å². The van der Waals surface area contributed by atoms with Crippen LogP contribution in [0.2, 0.25) is 0 Å². The van der Waals surface area contributed by atoms with Crippen molar-refractivity contribution < 1.29 is 4.79 Å². The van der Waals surface area contributed by atoms with Crippen molar-refractivity contribution in [3.63, 3.8) is 0 Å². The van der Waals surface area contributed by atoms with E-state index in [2.05, 4.69) is 23.0 Å². The highest BCUT2D eigenvalue weighted by molar-refractivity contribution is 6.22. The van der Waals surface area contributed by atoms with Gasteiger partial charge in [0.05, 0.1) is 17.0 Å². The number of aryl methyl sites for hydroxylation is 2. The van der Waals surface area contributed by atoms with Crippen LogP contribution in [-0.2, 0) is 4.79 Å². The Hall–Kier alpha value is -2.39. The highest BCUT2D eigenvalue weighted by Crippen LogP contribution is 2.19. The van der Waals surface area contributed by atoms with Crippen LogP contribution in [0.3, 0.4) is 0 Å². The van der Waals surface area contributed by atoms with Crippen LogP contribution in [0.15, 0.2) is 71.3 Å². The fraction of sp³-hybridized carbons (Fsp3) is 0.273.